The molecule has 1 fully saturated rings. The fourth-order valence-electron chi connectivity index (χ4n) is 5.25. The van der Waals surface area contributed by atoms with Crippen molar-refractivity contribution in [3.05, 3.63) is 71.9 Å². The number of anilines is 2. The zero-order chi connectivity index (χ0) is 31.3. The van der Waals surface area contributed by atoms with Gasteiger partial charge in [0.1, 0.15) is 17.6 Å². The minimum atomic E-state index is -4.39. The molecule has 0 spiro atoms. The molecule has 0 bridgehead atoms. The van der Waals surface area contributed by atoms with Crippen LogP contribution in [0.1, 0.15) is 31.0 Å². The summed E-state index contributed by atoms with van der Waals surface area (Å²) in [6, 6.07) is 16.0. The van der Waals surface area contributed by atoms with Gasteiger partial charge >= 0.3 is 18.2 Å². The van der Waals surface area contributed by atoms with Gasteiger partial charge in [-0.1, -0.05) is 30.3 Å². The Kier molecular flexibility index (Phi) is 9.38. The zero-order valence-corrected chi connectivity index (χ0v) is 24.6. The number of carbonyl (C=O) groups is 1. The topological polar surface area (TPSA) is 107 Å². The van der Waals surface area contributed by atoms with E-state index in [1.165, 1.54) is 25.3 Å². The third-order valence-corrected chi connectivity index (χ3v) is 7.41. The second-order valence-corrected chi connectivity index (χ2v) is 10.7. The third-order valence-electron chi connectivity index (χ3n) is 7.41. The highest BCUT2D eigenvalue weighted by Gasteiger charge is 2.28. The maximum atomic E-state index is 13.0. The van der Waals surface area contributed by atoms with Gasteiger partial charge in [0.05, 0.1) is 24.9 Å². The lowest BCUT2D eigenvalue weighted by Gasteiger charge is -2.28. The van der Waals surface area contributed by atoms with Crippen molar-refractivity contribution in [1.82, 2.24) is 15.3 Å². The highest BCUT2D eigenvalue weighted by atomic mass is 19.4. The average Bonchev–Trinajstić information content (AvgIpc) is 2.98. The van der Waals surface area contributed by atoms with Crippen LogP contribution < -0.4 is 30.2 Å². The minimum absolute atomic E-state index is 0.00480. The number of rotatable bonds is 9. The van der Waals surface area contributed by atoms with Gasteiger partial charge in [0, 0.05) is 22.5 Å². The Labute approximate surface area is 253 Å². The molecule has 1 aliphatic heterocycles. The Morgan fingerprint density at radius 1 is 0.977 bits per heavy atom. The van der Waals surface area contributed by atoms with Gasteiger partial charge in [-0.3, -0.25) is 0 Å². The number of fused-ring (bicyclic) bond motifs is 1. The van der Waals surface area contributed by atoms with E-state index in [1.54, 1.807) is 18.2 Å². The lowest BCUT2D eigenvalue weighted by atomic mass is 9.93. The molecular formula is C32H34F3N5O4. The number of methoxy groups -OCH3 is 1. The summed E-state index contributed by atoms with van der Waals surface area (Å²) in [5, 5.41) is 10.1. The van der Waals surface area contributed by atoms with E-state index in [9.17, 15) is 18.0 Å². The first-order chi connectivity index (χ1) is 21.1. The van der Waals surface area contributed by atoms with Crippen molar-refractivity contribution in [2.45, 2.75) is 45.4 Å². The second kappa shape index (κ2) is 13.4. The van der Waals surface area contributed by atoms with Crippen LogP contribution in [-0.4, -0.2) is 48.5 Å². The van der Waals surface area contributed by atoms with Gasteiger partial charge in [0.2, 0.25) is 5.88 Å². The normalized spacial score (nSPS) is 14.6. The zero-order valence-electron chi connectivity index (χ0n) is 24.6. The number of piperidine rings is 1. The fourth-order valence-corrected chi connectivity index (χ4v) is 5.25. The Bertz CT molecular complexity index is 1630. The van der Waals surface area contributed by atoms with E-state index < -0.39 is 18.6 Å². The molecule has 232 valence electrons. The van der Waals surface area contributed by atoms with Gasteiger partial charge in [-0.05, 0) is 75.5 Å². The number of hydrogen-bond acceptors (Lipinski definition) is 7. The van der Waals surface area contributed by atoms with Crippen LogP contribution >= 0.6 is 0 Å². The predicted octanol–water partition coefficient (Wildman–Crippen LogP) is 7.25. The molecule has 4 aromatic rings. The van der Waals surface area contributed by atoms with Gasteiger partial charge in [0.25, 0.3) is 0 Å². The maximum absolute atomic E-state index is 13.0. The van der Waals surface area contributed by atoms with Crippen molar-refractivity contribution >= 4 is 28.2 Å². The van der Waals surface area contributed by atoms with E-state index in [2.05, 4.69) is 25.9 Å². The van der Waals surface area contributed by atoms with Crippen molar-refractivity contribution in [1.29, 1.82) is 0 Å². The first-order valence-corrected chi connectivity index (χ1v) is 14.3. The molecule has 3 N–H and O–H groups in total. The molecule has 0 radical (unpaired) electrons. The number of amides is 2. The largest absolute Gasteiger partial charge is 0.495 e. The summed E-state index contributed by atoms with van der Waals surface area (Å²) < 4.78 is 56.3. The van der Waals surface area contributed by atoms with Crippen LogP contribution in [0.4, 0.5) is 29.3 Å². The number of hydrogen-bond donors (Lipinski definition) is 3. The van der Waals surface area contributed by atoms with E-state index in [1.807, 2.05) is 38.1 Å². The molecule has 2 heterocycles. The molecule has 1 aliphatic rings. The first-order valence-electron chi connectivity index (χ1n) is 14.3. The number of aryl methyl sites for hydroxylation is 1. The van der Waals surface area contributed by atoms with E-state index in [0.29, 0.717) is 39.7 Å². The average molecular weight is 610 g/mol. The molecule has 0 saturated carbocycles. The summed E-state index contributed by atoms with van der Waals surface area (Å²) in [6.45, 7) is 5.80. The smallest absolute Gasteiger partial charge is 0.393 e. The molecule has 1 aromatic heterocycles. The van der Waals surface area contributed by atoms with Crippen molar-refractivity contribution in [2.24, 2.45) is 5.92 Å². The number of alkyl halides is 3. The predicted molar refractivity (Wildman–Crippen MR) is 162 cm³/mol. The molecule has 1 saturated heterocycles. The van der Waals surface area contributed by atoms with Crippen LogP contribution in [0.5, 0.6) is 23.4 Å². The molecule has 1 unspecified atom stereocenters. The molecule has 12 heteroatoms. The molecule has 5 rings (SSSR count). The summed E-state index contributed by atoms with van der Waals surface area (Å²) in [7, 11) is 1.37. The molecule has 9 nitrogen and oxygen atoms in total. The summed E-state index contributed by atoms with van der Waals surface area (Å²) >= 11 is 0. The molecular weight excluding hydrogens is 575 g/mol. The summed E-state index contributed by atoms with van der Waals surface area (Å²) in [5.41, 5.74) is 1.27. The number of halogens is 3. The van der Waals surface area contributed by atoms with E-state index in [0.717, 1.165) is 25.9 Å². The van der Waals surface area contributed by atoms with Crippen LogP contribution in [0.15, 0.2) is 60.7 Å². The Morgan fingerprint density at radius 2 is 1.68 bits per heavy atom. The lowest BCUT2D eigenvalue weighted by molar-refractivity contribution is -0.127. The summed E-state index contributed by atoms with van der Waals surface area (Å²) in [4.78, 5) is 21.9. The Hall–Kier alpha value is -4.58. The van der Waals surface area contributed by atoms with Gasteiger partial charge < -0.3 is 30.2 Å². The lowest BCUT2D eigenvalue weighted by Crippen LogP contribution is -2.35. The highest BCUT2D eigenvalue weighted by molar-refractivity contribution is 6.08. The number of aromatic nitrogens is 2. The van der Waals surface area contributed by atoms with Crippen molar-refractivity contribution in [2.75, 3.05) is 30.8 Å². The number of ether oxygens (including phenoxy) is 3. The van der Waals surface area contributed by atoms with Crippen molar-refractivity contribution in [3.8, 4) is 23.4 Å². The third kappa shape index (κ3) is 7.87. The fraction of sp³-hybridized carbons (Fsp3) is 0.344. The Balaban J connectivity index is 1.33. The Morgan fingerprint density at radius 3 is 2.41 bits per heavy atom. The number of nitrogens with one attached hydrogen (secondary N) is 3. The highest BCUT2D eigenvalue weighted by Crippen LogP contribution is 2.35. The van der Waals surface area contributed by atoms with Crippen molar-refractivity contribution < 1.29 is 32.2 Å². The van der Waals surface area contributed by atoms with Crippen LogP contribution in [0, 0.1) is 12.8 Å². The van der Waals surface area contributed by atoms with E-state index in [4.69, 9.17) is 14.2 Å². The van der Waals surface area contributed by atoms with Crippen LogP contribution in [0.2, 0.25) is 0 Å². The minimum Gasteiger partial charge on any atom is -0.495 e. The maximum Gasteiger partial charge on any atom is 0.393 e. The quantitative estimate of drug-likeness (QED) is 0.183. The number of benzene rings is 3. The first kappa shape index (κ1) is 30.9. The van der Waals surface area contributed by atoms with Crippen molar-refractivity contribution in [3.63, 3.8) is 0 Å². The number of carbonyl (C=O) groups excluding carboxylic acids is 1. The monoisotopic (exact) mass is 609 g/mol. The van der Waals surface area contributed by atoms with E-state index >= 15 is 0 Å². The second-order valence-electron chi connectivity index (χ2n) is 10.7. The van der Waals surface area contributed by atoms with Gasteiger partial charge in [0.15, 0.2) is 0 Å². The van der Waals surface area contributed by atoms with Gasteiger partial charge in [-0.15, -0.1) is 0 Å². The SMILES string of the molecule is COc1ccc(CC(F)(F)F)cc1NC(=O)Nc1ccc(Oc2cc(C)nc(OC(C)C3CCNCC3)n2)c2ccccc12. The molecule has 2 amide bonds. The summed E-state index contributed by atoms with van der Waals surface area (Å²) in [5.74, 6) is 1.46. The molecule has 3 aromatic carbocycles. The van der Waals surface area contributed by atoms with Crippen LogP contribution in [-0.2, 0) is 6.42 Å². The molecule has 1 atom stereocenters. The van der Waals surface area contributed by atoms with Crippen LogP contribution in [0.3, 0.4) is 0 Å². The van der Waals surface area contributed by atoms with Gasteiger partial charge in [-0.25, -0.2) is 9.78 Å². The molecule has 44 heavy (non-hydrogen) atoms. The van der Waals surface area contributed by atoms with E-state index in [-0.39, 0.29) is 29.1 Å². The molecule has 0 aliphatic carbocycles. The number of urea groups is 1. The van der Waals surface area contributed by atoms with Crippen LogP contribution in [0.25, 0.3) is 10.8 Å². The summed E-state index contributed by atoms with van der Waals surface area (Å²) in [6.07, 6.45) is -3.51. The standard InChI is InChI=1S/C32H34F3N5O4/c1-19-16-29(40-31(37-19)43-20(2)22-12-14-36-15-13-22)44-27-11-9-25(23-6-4-5-7-24(23)27)38-30(41)39-26-17-21(18-32(33,34)35)8-10-28(26)42-3/h4-11,16-17,20,22,36H,12-15,18H2,1-3H3,(H2,38,39,41). The van der Waals surface area contributed by atoms with Gasteiger partial charge in [-0.2, -0.15) is 18.2 Å². The number of nitrogens with zero attached hydrogens (tertiary/aromatic N) is 2.